The van der Waals surface area contributed by atoms with E-state index in [1.807, 2.05) is 13.8 Å². The Bertz CT molecular complexity index is 791. The van der Waals surface area contributed by atoms with Crippen LogP contribution in [0, 0.1) is 17.7 Å². The second-order valence-electron chi connectivity index (χ2n) is 8.52. The highest BCUT2D eigenvalue weighted by atomic mass is 19.1. The van der Waals surface area contributed by atoms with Crippen molar-refractivity contribution in [1.29, 1.82) is 0 Å². The number of amides is 2. The highest BCUT2D eigenvalue weighted by Crippen LogP contribution is 2.34. The van der Waals surface area contributed by atoms with Crippen LogP contribution in [0.2, 0.25) is 0 Å². The lowest BCUT2D eigenvalue weighted by molar-refractivity contribution is -0.197. The molecule has 7 nitrogen and oxygen atoms in total. The van der Waals surface area contributed by atoms with Crippen molar-refractivity contribution in [3.05, 3.63) is 35.6 Å². The van der Waals surface area contributed by atoms with Gasteiger partial charge in [0.1, 0.15) is 18.0 Å². The van der Waals surface area contributed by atoms with Crippen LogP contribution in [0.15, 0.2) is 24.3 Å². The quantitative estimate of drug-likeness (QED) is 0.715. The number of hydrazine groups is 1. The zero-order valence-corrected chi connectivity index (χ0v) is 17.6. The maximum atomic E-state index is 13.5. The Morgan fingerprint density at radius 1 is 1.17 bits per heavy atom. The predicted octanol–water partition coefficient (Wildman–Crippen LogP) is 2.59. The van der Waals surface area contributed by atoms with Crippen LogP contribution in [0.3, 0.4) is 0 Å². The third kappa shape index (κ3) is 4.48. The van der Waals surface area contributed by atoms with Gasteiger partial charge in [-0.15, -0.1) is 0 Å². The van der Waals surface area contributed by atoms with Gasteiger partial charge < -0.3 is 9.84 Å². The molecule has 1 saturated heterocycles. The molecule has 1 aromatic rings. The van der Waals surface area contributed by atoms with E-state index in [9.17, 15) is 23.9 Å². The molecule has 1 N–H and O–H groups in total. The van der Waals surface area contributed by atoms with Gasteiger partial charge in [0.25, 0.3) is 5.91 Å². The summed E-state index contributed by atoms with van der Waals surface area (Å²) in [5.41, 5.74) is 0.340. The van der Waals surface area contributed by atoms with E-state index in [0.717, 1.165) is 35.7 Å². The van der Waals surface area contributed by atoms with Gasteiger partial charge in [0.15, 0.2) is 6.04 Å². The summed E-state index contributed by atoms with van der Waals surface area (Å²) in [6, 6.07) is 3.97. The van der Waals surface area contributed by atoms with Gasteiger partial charge in [-0.2, -0.15) is 0 Å². The van der Waals surface area contributed by atoms with Crippen molar-refractivity contribution in [3.63, 3.8) is 0 Å². The zero-order chi connectivity index (χ0) is 22.0. The number of esters is 1. The lowest BCUT2D eigenvalue weighted by atomic mass is 9.88. The molecule has 2 aliphatic rings. The average molecular weight is 420 g/mol. The van der Waals surface area contributed by atoms with Crippen LogP contribution in [0.5, 0.6) is 0 Å². The Balaban J connectivity index is 1.99. The topological polar surface area (TPSA) is 87.2 Å². The van der Waals surface area contributed by atoms with E-state index in [-0.39, 0.29) is 12.0 Å². The third-order valence-corrected chi connectivity index (χ3v) is 5.78. The van der Waals surface area contributed by atoms with E-state index in [0.29, 0.717) is 12.0 Å². The fourth-order valence-corrected chi connectivity index (χ4v) is 4.22. The second kappa shape index (κ2) is 9.12. The molecule has 1 saturated carbocycles. The van der Waals surface area contributed by atoms with Gasteiger partial charge in [0, 0.05) is 7.05 Å². The molecule has 1 aromatic carbocycles. The van der Waals surface area contributed by atoms with Gasteiger partial charge >= 0.3 is 5.97 Å². The molecule has 8 heteroatoms. The number of aliphatic hydroxyl groups excluding tert-OH is 1. The van der Waals surface area contributed by atoms with Crippen molar-refractivity contribution in [3.8, 4) is 0 Å². The van der Waals surface area contributed by atoms with E-state index in [4.69, 9.17) is 4.74 Å². The molecule has 2 amide bonds. The van der Waals surface area contributed by atoms with Crippen molar-refractivity contribution in [2.45, 2.75) is 64.2 Å². The summed E-state index contributed by atoms with van der Waals surface area (Å²) >= 11 is 0. The number of likely N-dealkylation sites (N-methyl/N-ethyl adjacent to an activating group) is 1. The SMILES string of the molecule is CC(C)CC1C(=O)N(C(C(=O)OC2CCCC2)c2ccc(F)cc2)N(C)C(=O)C1O. The Morgan fingerprint density at radius 3 is 2.33 bits per heavy atom. The molecule has 0 aromatic heterocycles. The molecule has 30 heavy (non-hydrogen) atoms. The first-order valence-corrected chi connectivity index (χ1v) is 10.4. The fourth-order valence-electron chi connectivity index (χ4n) is 4.22. The maximum Gasteiger partial charge on any atom is 0.335 e. The summed E-state index contributed by atoms with van der Waals surface area (Å²) in [5.74, 6) is -3.25. The van der Waals surface area contributed by atoms with Crippen molar-refractivity contribution in [2.75, 3.05) is 7.05 Å². The summed E-state index contributed by atoms with van der Waals surface area (Å²) in [4.78, 5) is 39.2. The van der Waals surface area contributed by atoms with E-state index in [1.54, 1.807) is 0 Å². The van der Waals surface area contributed by atoms with Gasteiger partial charge in [-0.05, 0) is 55.7 Å². The molecular formula is C22H29FN2O5. The number of carbonyl (C=O) groups excluding carboxylic acids is 3. The molecule has 1 aliphatic heterocycles. The van der Waals surface area contributed by atoms with Crippen LogP contribution in [-0.4, -0.2) is 52.2 Å². The van der Waals surface area contributed by atoms with Crippen molar-refractivity contribution in [1.82, 2.24) is 10.0 Å². The Morgan fingerprint density at radius 2 is 1.77 bits per heavy atom. The number of halogens is 1. The number of hydrogen-bond donors (Lipinski definition) is 1. The van der Waals surface area contributed by atoms with Crippen LogP contribution in [0.1, 0.15) is 57.6 Å². The summed E-state index contributed by atoms with van der Waals surface area (Å²) in [6.07, 6.45) is 2.01. The summed E-state index contributed by atoms with van der Waals surface area (Å²) < 4.78 is 19.2. The average Bonchev–Trinajstić information content (AvgIpc) is 3.20. The van der Waals surface area contributed by atoms with Crippen molar-refractivity contribution >= 4 is 17.8 Å². The van der Waals surface area contributed by atoms with Crippen molar-refractivity contribution < 1.29 is 28.6 Å². The number of hydrogen-bond acceptors (Lipinski definition) is 5. The van der Waals surface area contributed by atoms with Crippen LogP contribution >= 0.6 is 0 Å². The minimum absolute atomic E-state index is 0.0568. The summed E-state index contributed by atoms with van der Waals surface area (Å²) in [6.45, 7) is 3.78. The largest absolute Gasteiger partial charge is 0.461 e. The molecule has 0 spiro atoms. The maximum absolute atomic E-state index is 13.5. The molecule has 3 rings (SSSR count). The normalized spacial score (nSPS) is 23.9. The van der Waals surface area contributed by atoms with E-state index in [1.165, 1.54) is 31.3 Å². The Kier molecular flexibility index (Phi) is 6.75. The molecule has 0 bridgehead atoms. The van der Waals surface area contributed by atoms with E-state index < -0.39 is 41.7 Å². The molecule has 1 aliphatic carbocycles. The first-order chi connectivity index (χ1) is 14.2. The van der Waals surface area contributed by atoms with Gasteiger partial charge in [-0.3, -0.25) is 14.6 Å². The number of nitrogens with zero attached hydrogens (tertiary/aromatic N) is 2. The molecule has 1 heterocycles. The number of carbonyl (C=O) groups is 3. The van der Waals surface area contributed by atoms with E-state index >= 15 is 0 Å². The predicted molar refractivity (Wildman–Crippen MR) is 106 cm³/mol. The molecule has 3 unspecified atom stereocenters. The van der Waals surface area contributed by atoms with Crippen LogP contribution < -0.4 is 0 Å². The lowest BCUT2D eigenvalue weighted by Gasteiger charge is -2.45. The number of benzene rings is 1. The minimum Gasteiger partial charge on any atom is -0.461 e. The molecule has 164 valence electrons. The van der Waals surface area contributed by atoms with Crippen molar-refractivity contribution in [2.24, 2.45) is 11.8 Å². The molecular weight excluding hydrogens is 391 g/mol. The summed E-state index contributed by atoms with van der Waals surface area (Å²) in [7, 11) is 1.34. The summed E-state index contributed by atoms with van der Waals surface area (Å²) in [5, 5.41) is 12.4. The third-order valence-electron chi connectivity index (χ3n) is 5.78. The smallest absolute Gasteiger partial charge is 0.335 e. The number of rotatable bonds is 6. The van der Waals surface area contributed by atoms with E-state index in [2.05, 4.69) is 0 Å². The fraction of sp³-hybridized carbons (Fsp3) is 0.591. The highest BCUT2D eigenvalue weighted by molar-refractivity contribution is 5.96. The number of aliphatic hydroxyl groups is 1. The number of ether oxygens (including phenoxy) is 1. The molecule has 3 atom stereocenters. The zero-order valence-electron chi connectivity index (χ0n) is 17.6. The van der Waals surface area contributed by atoms with Crippen LogP contribution in [0.4, 0.5) is 4.39 Å². The minimum atomic E-state index is -1.47. The standard InChI is InChI=1S/C22H29FN2O5/c1-13(2)12-17-19(26)21(28)24(3)25(20(17)27)18(14-8-10-15(23)11-9-14)22(29)30-16-6-4-5-7-16/h8-11,13,16-19,26H,4-7,12H2,1-3H3. The Labute approximate surface area is 175 Å². The molecule has 2 fully saturated rings. The van der Waals surface area contributed by atoms with Gasteiger partial charge in [-0.25, -0.2) is 14.2 Å². The lowest BCUT2D eigenvalue weighted by Crippen LogP contribution is -2.63. The van der Waals surface area contributed by atoms with Gasteiger partial charge in [0.05, 0.1) is 5.92 Å². The van der Waals surface area contributed by atoms with Gasteiger partial charge in [-0.1, -0.05) is 26.0 Å². The first-order valence-electron chi connectivity index (χ1n) is 10.4. The monoisotopic (exact) mass is 420 g/mol. The van der Waals surface area contributed by atoms with Crippen LogP contribution in [0.25, 0.3) is 0 Å². The first kappa shape index (κ1) is 22.2. The second-order valence-corrected chi connectivity index (χ2v) is 8.52. The Hall–Kier alpha value is -2.48. The molecule has 0 radical (unpaired) electrons. The highest BCUT2D eigenvalue weighted by Gasteiger charge is 2.49. The van der Waals surface area contributed by atoms with Gasteiger partial charge in [0.2, 0.25) is 5.91 Å². The van der Waals surface area contributed by atoms with Crippen LogP contribution in [-0.2, 0) is 19.1 Å².